The molecule has 21 heavy (non-hydrogen) atoms. The lowest BCUT2D eigenvalue weighted by molar-refractivity contribution is -0.141. The zero-order chi connectivity index (χ0) is 15.6. The number of imide groups is 1. The lowest BCUT2D eigenvalue weighted by Gasteiger charge is -2.24. The summed E-state index contributed by atoms with van der Waals surface area (Å²) >= 11 is 1.48. The molecular formula is C15H23N3O2S. The molecule has 2 rings (SSSR count). The number of hydrogen-bond acceptors (Lipinski definition) is 5. The number of thiazole rings is 1. The molecule has 0 saturated carbocycles. The molecule has 0 aliphatic carbocycles. The normalized spacial score (nSPS) is 19.1. The standard InChI is InChI=1S/C15H23N3O2S/c1-5-10(6-2)18-13(19)7-11(14(18)20)16-15-17-12(8-21-15)9(3)4/h8-11H,5-7H2,1-4H3,(H,16,17). The molecule has 0 aromatic carbocycles. The molecule has 1 atom stereocenters. The van der Waals surface area contributed by atoms with Gasteiger partial charge in [-0.2, -0.15) is 0 Å². The predicted octanol–water partition coefficient (Wildman–Crippen LogP) is 2.99. The van der Waals surface area contributed by atoms with Crippen molar-refractivity contribution >= 4 is 28.3 Å². The van der Waals surface area contributed by atoms with Crippen LogP contribution in [0.3, 0.4) is 0 Å². The molecule has 5 nitrogen and oxygen atoms in total. The average Bonchev–Trinajstić information content (AvgIpc) is 3.01. The fraction of sp³-hybridized carbons (Fsp3) is 0.667. The Bertz CT molecular complexity index is 523. The number of likely N-dealkylation sites (tertiary alicyclic amines) is 1. The van der Waals surface area contributed by atoms with Crippen LogP contribution < -0.4 is 5.32 Å². The summed E-state index contributed by atoms with van der Waals surface area (Å²) in [6.07, 6.45) is 1.83. The molecule has 1 aromatic heterocycles. The molecule has 2 heterocycles. The molecule has 0 spiro atoms. The first-order chi connectivity index (χ1) is 9.97. The van der Waals surface area contributed by atoms with Gasteiger partial charge in [-0.1, -0.05) is 27.7 Å². The smallest absolute Gasteiger partial charge is 0.252 e. The summed E-state index contributed by atoms with van der Waals surface area (Å²) < 4.78 is 0. The Balaban J connectivity index is 2.08. The molecule has 6 heteroatoms. The summed E-state index contributed by atoms with van der Waals surface area (Å²) in [5.41, 5.74) is 1.01. The lowest BCUT2D eigenvalue weighted by Crippen LogP contribution is -2.41. The minimum atomic E-state index is -0.468. The quantitative estimate of drug-likeness (QED) is 0.821. The number of anilines is 1. The summed E-state index contributed by atoms with van der Waals surface area (Å²) in [6, 6.07) is -0.455. The minimum Gasteiger partial charge on any atom is -0.349 e. The number of nitrogens with zero attached hydrogens (tertiary/aromatic N) is 2. The molecule has 2 amide bonds. The van der Waals surface area contributed by atoms with E-state index in [2.05, 4.69) is 24.1 Å². The number of nitrogens with one attached hydrogen (secondary N) is 1. The second-order valence-corrected chi connectivity index (χ2v) is 6.56. The molecular weight excluding hydrogens is 286 g/mol. The van der Waals surface area contributed by atoms with Crippen LogP contribution in [0.1, 0.15) is 58.6 Å². The summed E-state index contributed by atoms with van der Waals surface area (Å²) in [5.74, 6) is 0.167. The third-order valence-corrected chi connectivity index (χ3v) is 4.69. The highest BCUT2D eigenvalue weighted by molar-refractivity contribution is 7.13. The third kappa shape index (κ3) is 3.26. The van der Waals surface area contributed by atoms with Crippen molar-refractivity contribution in [2.75, 3.05) is 5.32 Å². The maximum Gasteiger partial charge on any atom is 0.252 e. The van der Waals surface area contributed by atoms with E-state index in [1.54, 1.807) is 0 Å². The Morgan fingerprint density at radius 3 is 2.57 bits per heavy atom. The molecule has 1 N–H and O–H groups in total. The largest absolute Gasteiger partial charge is 0.349 e. The second-order valence-electron chi connectivity index (χ2n) is 5.71. The molecule has 1 aliphatic heterocycles. The van der Waals surface area contributed by atoms with E-state index < -0.39 is 6.04 Å². The maximum absolute atomic E-state index is 12.4. The van der Waals surface area contributed by atoms with Crippen molar-refractivity contribution in [3.05, 3.63) is 11.1 Å². The SMILES string of the molecule is CCC(CC)N1C(=O)CC(Nc2nc(C(C)C)cs2)C1=O. The number of carbonyl (C=O) groups excluding carboxylic acids is 2. The molecule has 1 saturated heterocycles. The summed E-state index contributed by atoms with van der Waals surface area (Å²) in [6.45, 7) is 8.17. The summed E-state index contributed by atoms with van der Waals surface area (Å²) in [7, 11) is 0. The van der Waals surface area contributed by atoms with Crippen molar-refractivity contribution in [1.29, 1.82) is 0 Å². The fourth-order valence-electron chi connectivity index (χ4n) is 2.57. The Kier molecular flexibility index (Phi) is 4.98. The van der Waals surface area contributed by atoms with Crippen molar-refractivity contribution in [1.82, 2.24) is 9.88 Å². The van der Waals surface area contributed by atoms with Crippen LogP contribution in [0.15, 0.2) is 5.38 Å². The van der Waals surface area contributed by atoms with Gasteiger partial charge in [0, 0.05) is 11.4 Å². The van der Waals surface area contributed by atoms with Crippen LogP contribution in [0.2, 0.25) is 0 Å². The van der Waals surface area contributed by atoms with Crippen LogP contribution in [0.5, 0.6) is 0 Å². The molecule has 0 bridgehead atoms. The zero-order valence-electron chi connectivity index (χ0n) is 13.0. The Labute approximate surface area is 129 Å². The highest BCUT2D eigenvalue weighted by Crippen LogP contribution is 2.26. The number of rotatable bonds is 6. The van der Waals surface area contributed by atoms with Crippen LogP contribution in [0, 0.1) is 0 Å². The van der Waals surface area contributed by atoms with Gasteiger partial charge < -0.3 is 5.32 Å². The van der Waals surface area contributed by atoms with Gasteiger partial charge in [0.05, 0.1) is 12.1 Å². The minimum absolute atomic E-state index is 0.0133. The number of amides is 2. The van der Waals surface area contributed by atoms with E-state index in [0.29, 0.717) is 5.92 Å². The average molecular weight is 309 g/mol. The van der Waals surface area contributed by atoms with Gasteiger partial charge in [-0.25, -0.2) is 4.98 Å². The number of hydrogen-bond donors (Lipinski definition) is 1. The monoisotopic (exact) mass is 309 g/mol. The fourth-order valence-corrected chi connectivity index (χ4v) is 3.49. The molecule has 0 radical (unpaired) electrons. The first-order valence-electron chi connectivity index (χ1n) is 7.55. The van der Waals surface area contributed by atoms with Crippen LogP contribution in [0.25, 0.3) is 0 Å². The maximum atomic E-state index is 12.4. The van der Waals surface area contributed by atoms with Gasteiger partial charge >= 0.3 is 0 Å². The molecule has 1 aromatic rings. The van der Waals surface area contributed by atoms with Crippen molar-refractivity contribution in [3.8, 4) is 0 Å². The predicted molar refractivity (Wildman–Crippen MR) is 84.5 cm³/mol. The summed E-state index contributed by atoms with van der Waals surface area (Å²) in [4.78, 5) is 30.5. The highest BCUT2D eigenvalue weighted by atomic mass is 32.1. The van der Waals surface area contributed by atoms with Gasteiger partial charge in [0.1, 0.15) is 6.04 Å². The summed E-state index contributed by atoms with van der Waals surface area (Å²) in [5, 5.41) is 5.84. The van der Waals surface area contributed by atoms with Crippen LogP contribution in [-0.2, 0) is 9.59 Å². The molecule has 1 fully saturated rings. The van der Waals surface area contributed by atoms with Gasteiger partial charge in [-0.3, -0.25) is 14.5 Å². The first kappa shape index (κ1) is 15.9. The van der Waals surface area contributed by atoms with Crippen molar-refractivity contribution in [2.24, 2.45) is 0 Å². The number of aromatic nitrogens is 1. The van der Waals surface area contributed by atoms with Gasteiger partial charge in [0.25, 0.3) is 5.91 Å². The van der Waals surface area contributed by atoms with E-state index in [9.17, 15) is 9.59 Å². The van der Waals surface area contributed by atoms with E-state index in [4.69, 9.17) is 0 Å². The van der Waals surface area contributed by atoms with Crippen molar-refractivity contribution in [3.63, 3.8) is 0 Å². The first-order valence-corrected chi connectivity index (χ1v) is 8.43. The lowest BCUT2D eigenvalue weighted by atomic mass is 10.1. The van der Waals surface area contributed by atoms with Gasteiger partial charge in [0.2, 0.25) is 5.91 Å². The molecule has 1 unspecified atom stereocenters. The Morgan fingerprint density at radius 1 is 1.38 bits per heavy atom. The Morgan fingerprint density at radius 2 is 2.05 bits per heavy atom. The number of carbonyl (C=O) groups is 2. The van der Waals surface area contributed by atoms with Crippen molar-refractivity contribution < 1.29 is 9.59 Å². The Hall–Kier alpha value is -1.43. The van der Waals surface area contributed by atoms with Crippen LogP contribution in [-0.4, -0.2) is 33.8 Å². The van der Waals surface area contributed by atoms with Crippen molar-refractivity contribution in [2.45, 2.75) is 65.0 Å². The van der Waals surface area contributed by atoms with Gasteiger partial charge in [0.15, 0.2) is 5.13 Å². The van der Waals surface area contributed by atoms with Crippen LogP contribution in [0.4, 0.5) is 5.13 Å². The van der Waals surface area contributed by atoms with E-state index in [1.807, 2.05) is 19.2 Å². The van der Waals surface area contributed by atoms with E-state index in [1.165, 1.54) is 16.2 Å². The van der Waals surface area contributed by atoms with Gasteiger partial charge in [-0.15, -0.1) is 11.3 Å². The van der Waals surface area contributed by atoms with E-state index >= 15 is 0 Å². The molecule has 1 aliphatic rings. The van der Waals surface area contributed by atoms with Crippen LogP contribution >= 0.6 is 11.3 Å². The van der Waals surface area contributed by atoms with E-state index in [0.717, 1.165) is 23.7 Å². The zero-order valence-corrected chi connectivity index (χ0v) is 13.9. The highest BCUT2D eigenvalue weighted by Gasteiger charge is 2.41. The molecule has 116 valence electrons. The second kappa shape index (κ2) is 6.56. The topological polar surface area (TPSA) is 62.3 Å². The van der Waals surface area contributed by atoms with Gasteiger partial charge in [-0.05, 0) is 18.8 Å². The van der Waals surface area contributed by atoms with E-state index in [-0.39, 0.29) is 24.3 Å². The third-order valence-electron chi connectivity index (χ3n) is 3.90.